The largest absolute Gasteiger partial charge is 0.394 e. The van der Waals surface area contributed by atoms with Crippen molar-refractivity contribution in [3.8, 4) is 0 Å². The van der Waals surface area contributed by atoms with Gasteiger partial charge in [-0.25, -0.2) is 13.6 Å². The van der Waals surface area contributed by atoms with Crippen LogP contribution < -0.4 is 5.32 Å². The van der Waals surface area contributed by atoms with Crippen LogP contribution in [0.2, 0.25) is 0 Å². The maximum absolute atomic E-state index is 13.3. The van der Waals surface area contributed by atoms with E-state index in [-0.39, 0.29) is 6.54 Å². The number of nitrogens with one attached hydrogen (secondary N) is 1. The van der Waals surface area contributed by atoms with Gasteiger partial charge in [-0.1, -0.05) is 6.07 Å². The van der Waals surface area contributed by atoms with Crippen LogP contribution in [-0.4, -0.2) is 46.1 Å². The molecule has 2 heterocycles. The third-order valence-corrected chi connectivity index (χ3v) is 3.37. The van der Waals surface area contributed by atoms with Gasteiger partial charge in [0.1, 0.15) is 0 Å². The number of rotatable bonds is 3. The lowest BCUT2D eigenvalue weighted by atomic mass is 10.2. The Labute approximate surface area is 115 Å². The second-order valence-corrected chi connectivity index (χ2v) is 4.95. The molecule has 1 aliphatic heterocycles. The summed E-state index contributed by atoms with van der Waals surface area (Å²) in [6.07, 6.45) is 1.11. The summed E-state index contributed by atoms with van der Waals surface area (Å²) in [7, 11) is 0. The number of amides is 2. The Morgan fingerprint density at radius 1 is 1.65 bits per heavy atom. The molecule has 20 heavy (non-hydrogen) atoms. The summed E-state index contributed by atoms with van der Waals surface area (Å²) in [5.41, 5.74) is 1.60. The molecule has 1 unspecified atom stereocenters. The number of hydrogen-bond donors (Lipinski definition) is 2. The third-order valence-electron chi connectivity index (χ3n) is 3.37. The van der Waals surface area contributed by atoms with Gasteiger partial charge >= 0.3 is 6.03 Å². The average molecular weight is 285 g/mol. The first kappa shape index (κ1) is 14.6. The smallest absolute Gasteiger partial charge is 0.318 e. The van der Waals surface area contributed by atoms with E-state index in [0.717, 1.165) is 10.5 Å². The van der Waals surface area contributed by atoms with Gasteiger partial charge in [-0.2, -0.15) is 0 Å². The van der Waals surface area contributed by atoms with Crippen molar-refractivity contribution in [3.05, 3.63) is 29.6 Å². The Hall–Kier alpha value is -1.76. The average Bonchev–Trinajstić information content (AvgIpc) is 2.73. The Morgan fingerprint density at radius 3 is 3.05 bits per heavy atom. The Bertz CT molecular complexity index is 496. The van der Waals surface area contributed by atoms with Crippen LogP contribution in [0.15, 0.2) is 18.3 Å². The highest BCUT2D eigenvalue weighted by molar-refractivity contribution is 5.75. The van der Waals surface area contributed by atoms with Gasteiger partial charge in [-0.05, 0) is 18.6 Å². The lowest BCUT2D eigenvalue weighted by Gasteiger charge is -2.22. The minimum Gasteiger partial charge on any atom is -0.394 e. The second-order valence-electron chi connectivity index (χ2n) is 4.95. The number of halogens is 2. The molecule has 0 spiro atoms. The highest BCUT2D eigenvalue weighted by Gasteiger charge is 2.46. The quantitative estimate of drug-likeness (QED) is 0.880. The Morgan fingerprint density at radius 2 is 2.40 bits per heavy atom. The molecule has 1 aliphatic rings. The van der Waals surface area contributed by atoms with Crippen LogP contribution in [0.25, 0.3) is 0 Å². The maximum Gasteiger partial charge on any atom is 0.318 e. The molecular weight excluding hydrogens is 268 g/mol. The van der Waals surface area contributed by atoms with Crippen LogP contribution in [0, 0.1) is 6.92 Å². The van der Waals surface area contributed by atoms with E-state index in [2.05, 4.69) is 10.3 Å². The minimum absolute atomic E-state index is 0.172. The van der Waals surface area contributed by atoms with Crippen LogP contribution in [0.1, 0.15) is 17.7 Å². The predicted octanol–water partition coefficient (Wildman–Crippen LogP) is 1.30. The second kappa shape index (κ2) is 5.70. The van der Waals surface area contributed by atoms with Crippen molar-refractivity contribution in [2.45, 2.75) is 31.9 Å². The lowest BCUT2D eigenvalue weighted by Crippen LogP contribution is -2.44. The highest BCUT2D eigenvalue weighted by Crippen LogP contribution is 2.31. The van der Waals surface area contributed by atoms with E-state index >= 15 is 0 Å². The summed E-state index contributed by atoms with van der Waals surface area (Å²) in [5, 5.41) is 11.6. The monoisotopic (exact) mass is 285 g/mol. The maximum atomic E-state index is 13.3. The number of pyridine rings is 1. The van der Waals surface area contributed by atoms with Gasteiger partial charge in [0.15, 0.2) is 0 Å². The van der Waals surface area contributed by atoms with Crippen LogP contribution >= 0.6 is 0 Å². The first-order valence-corrected chi connectivity index (χ1v) is 6.36. The number of carbonyl (C=O) groups is 1. The van der Waals surface area contributed by atoms with Gasteiger partial charge in [0, 0.05) is 12.6 Å². The van der Waals surface area contributed by atoms with Gasteiger partial charge in [0.2, 0.25) is 0 Å². The zero-order chi connectivity index (χ0) is 14.8. The van der Waals surface area contributed by atoms with E-state index in [0.29, 0.717) is 5.69 Å². The number of aromatic nitrogens is 1. The number of aliphatic hydroxyl groups excluding tert-OH is 1. The van der Waals surface area contributed by atoms with Gasteiger partial charge in [0.05, 0.1) is 31.4 Å². The molecule has 0 saturated carbocycles. The van der Waals surface area contributed by atoms with Crippen LogP contribution in [0.4, 0.5) is 13.6 Å². The lowest BCUT2D eigenvalue weighted by molar-refractivity contribution is 0.0141. The van der Waals surface area contributed by atoms with E-state index in [1.54, 1.807) is 12.3 Å². The molecule has 1 aromatic heterocycles. The molecule has 0 radical (unpaired) electrons. The zero-order valence-electron chi connectivity index (χ0n) is 11.1. The van der Waals surface area contributed by atoms with Crippen LogP contribution in [0.5, 0.6) is 0 Å². The molecule has 1 aromatic rings. The topological polar surface area (TPSA) is 65.5 Å². The van der Waals surface area contributed by atoms with E-state index < -0.39 is 37.6 Å². The molecule has 1 atom stereocenters. The molecule has 2 rings (SSSR count). The van der Waals surface area contributed by atoms with Crippen molar-refractivity contribution in [2.24, 2.45) is 0 Å². The van der Waals surface area contributed by atoms with Crippen molar-refractivity contribution >= 4 is 6.03 Å². The summed E-state index contributed by atoms with van der Waals surface area (Å²) >= 11 is 0. The summed E-state index contributed by atoms with van der Waals surface area (Å²) in [6, 6.07) is 2.19. The molecule has 5 nitrogen and oxygen atoms in total. The van der Waals surface area contributed by atoms with Crippen molar-refractivity contribution in [2.75, 3.05) is 13.2 Å². The van der Waals surface area contributed by atoms with Gasteiger partial charge in [-0.3, -0.25) is 4.98 Å². The van der Waals surface area contributed by atoms with Crippen molar-refractivity contribution in [1.82, 2.24) is 15.2 Å². The number of aliphatic hydroxyl groups is 1. The number of aryl methyl sites for hydroxylation is 1. The normalized spacial score (nSPS) is 21.0. The first-order valence-electron chi connectivity index (χ1n) is 6.36. The summed E-state index contributed by atoms with van der Waals surface area (Å²) in [5.74, 6) is -2.94. The van der Waals surface area contributed by atoms with Gasteiger partial charge < -0.3 is 15.3 Å². The highest BCUT2D eigenvalue weighted by atomic mass is 19.3. The number of likely N-dealkylation sites (tertiary alicyclic amines) is 1. The number of carbonyl (C=O) groups excluding carboxylic acids is 1. The molecule has 2 amide bonds. The fraction of sp³-hybridized carbons (Fsp3) is 0.538. The first-order chi connectivity index (χ1) is 9.43. The number of alkyl halides is 2. The van der Waals surface area contributed by atoms with Crippen LogP contribution in [0.3, 0.4) is 0 Å². The Kier molecular flexibility index (Phi) is 4.17. The fourth-order valence-corrected chi connectivity index (χ4v) is 2.26. The molecule has 2 N–H and O–H groups in total. The van der Waals surface area contributed by atoms with Gasteiger partial charge in [-0.15, -0.1) is 0 Å². The molecule has 0 bridgehead atoms. The van der Waals surface area contributed by atoms with Gasteiger partial charge in [0.25, 0.3) is 5.92 Å². The number of nitrogens with zero attached hydrogens (tertiary/aromatic N) is 2. The van der Waals surface area contributed by atoms with E-state index in [4.69, 9.17) is 5.11 Å². The predicted molar refractivity (Wildman–Crippen MR) is 68.4 cm³/mol. The number of urea groups is 1. The number of hydrogen-bond acceptors (Lipinski definition) is 3. The van der Waals surface area contributed by atoms with Crippen molar-refractivity contribution < 1.29 is 18.7 Å². The molecule has 7 heteroatoms. The van der Waals surface area contributed by atoms with Crippen LogP contribution in [-0.2, 0) is 6.54 Å². The van der Waals surface area contributed by atoms with E-state index in [1.807, 2.05) is 13.0 Å². The SMILES string of the molecule is Cc1cccnc1CNC(=O)N1CC(F)(F)CC1CO. The molecule has 0 aliphatic carbocycles. The van der Waals surface area contributed by atoms with E-state index in [1.165, 1.54) is 0 Å². The minimum atomic E-state index is -2.94. The summed E-state index contributed by atoms with van der Waals surface area (Å²) < 4.78 is 26.5. The molecule has 1 fully saturated rings. The zero-order valence-corrected chi connectivity index (χ0v) is 11.1. The third kappa shape index (κ3) is 3.22. The molecule has 0 aromatic carbocycles. The Balaban J connectivity index is 1.97. The van der Waals surface area contributed by atoms with E-state index in [9.17, 15) is 13.6 Å². The molecule has 1 saturated heterocycles. The molecule has 110 valence electrons. The van der Waals surface area contributed by atoms with Crippen molar-refractivity contribution in [3.63, 3.8) is 0 Å². The summed E-state index contributed by atoms with van der Waals surface area (Å²) in [6.45, 7) is 0.900. The molecular formula is C13H17F2N3O2. The fourth-order valence-electron chi connectivity index (χ4n) is 2.26. The summed E-state index contributed by atoms with van der Waals surface area (Å²) in [4.78, 5) is 17.0. The van der Waals surface area contributed by atoms with Crippen molar-refractivity contribution in [1.29, 1.82) is 0 Å². The standard InChI is InChI=1S/C13H17F2N3O2/c1-9-3-2-4-16-11(9)6-17-12(20)18-8-13(14,15)5-10(18)7-19/h2-4,10,19H,5-8H2,1H3,(H,17,20).